The lowest BCUT2D eigenvalue weighted by Gasteiger charge is -2.28. The van der Waals surface area contributed by atoms with Gasteiger partial charge in [-0.15, -0.1) is 0 Å². The van der Waals surface area contributed by atoms with E-state index in [4.69, 9.17) is 18.9 Å². The van der Waals surface area contributed by atoms with E-state index in [1.807, 2.05) is 38.1 Å². The number of ether oxygens (including phenoxy) is 4. The molecule has 2 amide bonds. The molecule has 0 aromatic heterocycles. The quantitative estimate of drug-likeness (QED) is 0.0691. The number of phenolic OH excluding ortho intramolecular Hbond substituents is 2. The molecule has 0 aliphatic heterocycles. The van der Waals surface area contributed by atoms with Crippen molar-refractivity contribution in [2.24, 2.45) is 0 Å². The predicted octanol–water partition coefficient (Wildman–Crippen LogP) is 10.5. The third-order valence-corrected chi connectivity index (χ3v) is 15.3. The highest BCUT2D eigenvalue weighted by Crippen LogP contribution is 2.44. The van der Waals surface area contributed by atoms with Gasteiger partial charge in [0.2, 0.25) is 0 Å². The molecule has 4 N–H and O–H groups in total. The highest BCUT2D eigenvalue weighted by molar-refractivity contribution is 7.99. The number of esters is 2. The molecule has 8 bridgehead atoms. The van der Waals surface area contributed by atoms with Crippen LogP contribution in [0.25, 0.3) is 0 Å². The lowest BCUT2D eigenvalue weighted by molar-refractivity contribution is -0.144. The molecule has 14 heteroatoms. The van der Waals surface area contributed by atoms with Gasteiger partial charge in [-0.1, -0.05) is 145 Å². The molecule has 2 atom stereocenters. The first kappa shape index (κ1) is 59.5. The van der Waals surface area contributed by atoms with Gasteiger partial charge in [0.05, 0.1) is 14.2 Å². The molecule has 0 spiro atoms. The van der Waals surface area contributed by atoms with Crippen molar-refractivity contribution in [3.8, 4) is 23.0 Å². The average Bonchev–Trinajstić information content (AvgIpc) is 3.31. The first-order valence-corrected chi connectivity index (χ1v) is 28.0. The monoisotopic (exact) mass is 1050 g/mol. The molecule has 74 heavy (non-hydrogen) atoms. The molecule has 5 rings (SSSR count). The highest BCUT2D eigenvalue weighted by Gasteiger charge is 2.30. The summed E-state index contributed by atoms with van der Waals surface area (Å²) in [6.45, 7) is 28.7. The van der Waals surface area contributed by atoms with Crippen molar-refractivity contribution < 1.29 is 48.3 Å². The van der Waals surface area contributed by atoms with Crippen molar-refractivity contribution in [1.82, 2.24) is 10.6 Å². The Kier molecular flexibility index (Phi) is 19.8. The van der Waals surface area contributed by atoms with Crippen molar-refractivity contribution in [3.63, 3.8) is 0 Å². The second-order valence-corrected chi connectivity index (χ2v) is 26.1. The van der Waals surface area contributed by atoms with Crippen molar-refractivity contribution >= 4 is 47.3 Å². The van der Waals surface area contributed by atoms with E-state index < -0.39 is 49.1 Å². The summed E-state index contributed by atoms with van der Waals surface area (Å²) in [5.74, 6) is 1.14. The zero-order valence-corrected chi connectivity index (χ0v) is 48.5. The fraction of sp³-hybridized carbons (Fsp3) is 0.533. The fourth-order valence-electron chi connectivity index (χ4n) is 8.86. The minimum Gasteiger partial charge on any atom is -0.507 e. The van der Waals surface area contributed by atoms with E-state index in [1.165, 1.54) is 37.7 Å². The fourth-order valence-corrected chi connectivity index (χ4v) is 10.2. The van der Waals surface area contributed by atoms with Crippen LogP contribution in [0.3, 0.4) is 0 Å². The van der Waals surface area contributed by atoms with E-state index in [2.05, 4.69) is 118 Å². The van der Waals surface area contributed by atoms with Gasteiger partial charge in [-0.25, -0.2) is 9.59 Å². The third kappa shape index (κ3) is 15.4. The summed E-state index contributed by atoms with van der Waals surface area (Å²) >= 11 is 3.02. The van der Waals surface area contributed by atoms with E-state index in [0.29, 0.717) is 45.3 Å². The van der Waals surface area contributed by atoms with Crippen LogP contribution in [-0.2, 0) is 76.0 Å². The number of carbonyl (C=O) groups excluding carboxylic acids is 4. The molecule has 1 aliphatic carbocycles. The number of methoxy groups -OCH3 is 2. The lowest BCUT2D eigenvalue weighted by atomic mass is 9.79. The first-order chi connectivity index (χ1) is 34.5. The number of hydrogen-bond donors (Lipinski definition) is 4. The van der Waals surface area contributed by atoms with Crippen LogP contribution in [0.2, 0.25) is 0 Å². The van der Waals surface area contributed by atoms with Crippen LogP contribution in [0, 0.1) is 0 Å². The Morgan fingerprint density at radius 3 is 0.932 bits per heavy atom. The van der Waals surface area contributed by atoms with Gasteiger partial charge in [-0.3, -0.25) is 9.59 Å². The predicted molar refractivity (Wildman–Crippen MR) is 300 cm³/mol. The van der Waals surface area contributed by atoms with Crippen LogP contribution in [0.1, 0.15) is 164 Å². The summed E-state index contributed by atoms with van der Waals surface area (Å²) < 4.78 is 23.4. The number of aromatic hydroxyl groups is 2. The van der Waals surface area contributed by atoms with Gasteiger partial charge < -0.3 is 39.8 Å². The smallest absolute Gasteiger partial charge is 0.329 e. The zero-order valence-electron chi connectivity index (χ0n) is 46.8. The number of carbonyl (C=O) groups is 4. The molecule has 0 saturated heterocycles. The molecule has 2 unspecified atom stereocenters. The molecule has 1 aliphatic rings. The Labute approximate surface area is 449 Å². The molecular formula is C60H82N2O10S2. The number of fused-ring (bicyclic) bond motifs is 8. The number of hydrogen-bond acceptors (Lipinski definition) is 12. The maximum absolute atomic E-state index is 13.8. The van der Waals surface area contributed by atoms with E-state index >= 15 is 0 Å². The molecule has 404 valence electrons. The summed E-state index contributed by atoms with van der Waals surface area (Å²) in [5, 5.41) is 31.0. The SMILES string of the molecule is CCSCC(NC(=O)COc1c2cc(C(C)(C)C)cc1Cc1cc(C(C)(C)C)cc(c1O)Cc1cc(C(C)(C)C)cc(c1OCC(=O)NC(CSCC)C(=O)OC)Cc1cc(C(C)(C)C)cc(c1O)C2)C(=O)OC. The normalized spacial score (nSPS) is 13.8. The molecule has 0 radical (unpaired) electrons. The molecule has 4 aromatic carbocycles. The average molecular weight is 1060 g/mol. The maximum atomic E-state index is 13.8. The topological polar surface area (TPSA) is 170 Å². The minimum absolute atomic E-state index is 0.0873. The number of thioether (sulfide) groups is 2. The van der Waals surface area contributed by atoms with E-state index in [0.717, 1.165) is 56.0 Å². The largest absolute Gasteiger partial charge is 0.507 e. The second kappa shape index (κ2) is 24.6. The summed E-state index contributed by atoms with van der Waals surface area (Å²) in [6, 6.07) is 14.7. The van der Waals surface area contributed by atoms with Crippen molar-refractivity contribution in [1.29, 1.82) is 0 Å². The van der Waals surface area contributed by atoms with Crippen LogP contribution in [0.4, 0.5) is 0 Å². The molecule has 0 saturated carbocycles. The van der Waals surface area contributed by atoms with Gasteiger partial charge in [-0.2, -0.15) is 23.5 Å². The van der Waals surface area contributed by atoms with Gasteiger partial charge in [-0.05, 0) is 99.9 Å². The van der Waals surface area contributed by atoms with Crippen LogP contribution < -0.4 is 20.1 Å². The Hall–Kier alpha value is -5.34. The van der Waals surface area contributed by atoms with Gasteiger partial charge in [0, 0.05) is 37.2 Å². The van der Waals surface area contributed by atoms with Gasteiger partial charge >= 0.3 is 11.9 Å². The maximum Gasteiger partial charge on any atom is 0.329 e. The Balaban J connectivity index is 1.83. The number of amides is 2. The Morgan fingerprint density at radius 1 is 0.473 bits per heavy atom. The molecule has 4 aromatic rings. The highest BCUT2D eigenvalue weighted by atomic mass is 32.2. The molecule has 0 fully saturated rings. The number of phenols is 2. The van der Waals surface area contributed by atoms with Crippen LogP contribution >= 0.6 is 23.5 Å². The Bertz CT molecular complexity index is 2410. The minimum atomic E-state index is -0.872. The first-order valence-electron chi connectivity index (χ1n) is 25.7. The van der Waals surface area contributed by atoms with Crippen molar-refractivity contribution in [3.05, 3.63) is 115 Å². The molecular weight excluding hydrogens is 973 g/mol. The van der Waals surface area contributed by atoms with Crippen molar-refractivity contribution in [2.75, 3.05) is 50.4 Å². The van der Waals surface area contributed by atoms with Gasteiger partial charge in [0.15, 0.2) is 13.2 Å². The Morgan fingerprint density at radius 2 is 0.716 bits per heavy atom. The molecule has 0 heterocycles. The van der Waals surface area contributed by atoms with E-state index in [1.54, 1.807) is 0 Å². The van der Waals surface area contributed by atoms with Crippen LogP contribution in [0.5, 0.6) is 23.0 Å². The summed E-state index contributed by atoms with van der Waals surface area (Å²) in [6.07, 6.45) is 0.842. The summed E-state index contributed by atoms with van der Waals surface area (Å²) in [5.41, 5.74) is 8.04. The standard InChI is InChI=1S/C60H82N2O10S2/c1-17-73-33-47(55(67)69-15)61-49(63)31-71-53-39-19-35-23-43(57(3,4)5)25-37(51(35)65)21-41-29-46(60(12,13)14)30-42(54(41)72-32-50(64)62-48(34-74-18-2)56(68)70-16)22-38-26-44(58(6,7)8)24-36(52(38)66)20-40(53)28-45(27-39)59(9,10)11/h23-30,47-48,65-66H,17-22,31-34H2,1-16H3,(H,61,63)(H,62,64). The van der Waals surface area contributed by atoms with Crippen molar-refractivity contribution in [2.45, 2.75) is 156 Å². The van der Waals surface area contributed by atoms with E-state index in [9.17, 15) is 29.4 Å². The zero-order chi connectivity index (χ0) is 55.1. The van der Waals surface area contributed by atoms with Gasteiger partial charge in [0.25, 0.3) is 11.8 Å². The second-order valence-electron chi connectivity index (χ2n) is 23.4. The van der Waals surface area contributed by atoms with Gasteiger partial charge in [0.1, 0.15) is 35.1 Å². The van der Waals surface area contributed by atoms with Crippen LogP contribution in [-0.4, -0.2) is 96.5 Å². The third-order valence-electron chi connectivity index (χ3n) is 13.3. The molecule has 12 nitrogen and oxygen atoms in total. The number of rotatable bonds is 16. The summed E-state index contributed by atoms with van der Waals surface area (Å²) in [7, 11) is 2.59. The van der Waals surface area contributed by atoms with E-state index in [-0.39, 0.29) is 58.8 Å². The summed E-state index contributed by atoms with van der Waals surface area (Å²) in [4.78, 5) is 53.2. The van der Waals surface area contributed by atoms with Crippen LogP contribution in [0.15, 0.2) is 48.5 Å². The number of benzene rings is 4. The number of nitrogens with one attached hydrogen (secondary N) is 2. The lowest BCUT2D eigenvalue weighted by Crippen LogP contribution is -2.45.